The summed E-state index contributed by atoms with van der Waals surface area (Å²) in [5, 5.41) is 0.227. The maximum atomic E-state index is 11.4. The van der Waals surface area contributed by atoms with Gasteiger partial charge in [-0.15, -0.1) is 0 Å². The number of rotatable bonds is 4. The highest BCUT2D eigenvalue weighted by Gasteiger charge is 2.06. The van der Waals surface area contributed by atoms with Gasteiger partial charge in [0.05, 0.1) is 6.33 Å². The van der Waals surface area contributed by atoms with Gasteiger partial charge >= 0.3 is 0 Å². The van der Waals surface area contributed by atoms with Crippen molar-refractivity contribution in [3.05, 3.63) is 27.9 Å². The Morgan fingerprint density at radius 1 is 1.71 bits per heavy atom. The summed E-state index contributed by atoms with van der Waals surface area (Å²) in [5.74, 6) is 0. The van der Waals surface area contributed by atoms with Crippen LogP contribution in [0.4, 0.5) is 0 Å². The number of aromatic nitrogens is 2. The van der Waals surface area contributed by atoms with Crippen LogP contribution in [-0.2, 0) is 4.74 Å². The first-order chi connectivity index (χ1) is 6.65. The highest BCUT2D eigenvalue weighted by molar-refractivity contribution is 6.29. The molecule has 0 radical (unpaired) electrons. The summed E-state index contributed by atoms with van der Waals surface area (Å²) in [7, 11) is 1.63. The van der Waals surface area contributed by atoms with Crippen molar-refractivity contribution in [2.45, 2.75) is 19.4 Å². The predicted octanol–water partition coefficient (Wildman–Crippen LogP) is 1.49. The van der Waals surface area contributed by atoms with Crippen LogP contribution >= 0.6 is 11.6 Å². The third-order valence-corrected chi connectivity index (χ3v) is 2.22. The summed E-state index contributed by atoms with van der Waals surface area (Å²) in [5.41, 5.74) is -0.131. The van der Waals surface area contributed by atoms with Crippen molar-refractivity contribution in [3.63, 3.8) is 0 Å². The molecule has 78 valence electrons. The third kappa shape index (κ3) is 2.82. The molecule has 1 rings (SSSR count). The van der Waals surface area contributed by atoms with E-state index in [1.165, 1.54) is 12.4 Å². The van der Waals surface area contributed by atoms with Crippen molar-refractivity contribution in [2.24, 2.45) is 0 Å². The van der Waals surface area contributed by atoms with Crippen LogP contribution in [-0.4, -0.2) is 23.3 Å². The van der Waals surface area contributed by atoms with Gasteiger partial charge in [-0.25, -0.2) is 4.98 Å². The van der Waals surface area contributed by atoms with E-state index in [9.17, 15) is 4.79 Å². The maximum absolute atomic E-state index is 11.4. The lowest BCUT2D eigenvalue weighted by atomic mass is 10.2. The van der Waals surface area contributed by atoms with Gasteiger partial charge in [0, 0.05) is 25.8 Å². The van der Waals surface area contributed by atoms with Crippen molar-refractivity contribution < 1.29 is 4.74 Å². The second kappa shape index (κ2) is 5.12. The topological polar surface area (TPSA) is 44.1 Å². The molecule has 0 amide bonds. The number of halogens is 1. The van der Waals surface area contributed by atoms with Crippen LogP contribution in [0.2, 0.25) is 5.15 Å². The Bertz CT molecular complexity index is 351. The summed E-state index contributed by atoms with van der Waals surface area (Å²) in [6.07, 6.45) is 2.24. The van der Waals surface area contributed by atoms with Crippen molar-refractivity contribution >= 4 is 11.6 Å². The van der Waals surface area contributed by atoms with Gasteiger partial charge in [-0.3, -0.25) is 9.36 Å². The lowest BCUT2D eigenvalue weighted by Gasteiger charge is -2.13. The monoisotopic (exact) mass is 216 g/mol. The molecule has 5 heteroatoms. The minimum Gasteiger partial charge on any atom is -0.385 e. The number of nitrogens with zero attached hydrogens (tertiary/aromatic N) is 2. The fraction of sp³-hybridized carbons (Fsp3) is 0.556. The SMILES string of the molecule is COCCC(C)n1cnc(Cl)cc1=O. The Kier molecular flexibility index (Phi) is 4.10. The molecular formula is C9H13ClN2O2. The average Bonchev–Trinajstić information content (AvgIpc) is 2.14. The molecule has 0 spiro atoms. The first kappa shape index (κ1) is 11.2. The second-order valence-corrected chi connectivity index (χ2v) is 3.47. The summed E-state index contributed by atoms with van der Waals surface area (Å²) >= 11 is 5.58. The van der Waals surface area contributed by atoms with Crippen molar-refractivity contribution in [1.29, 1.82) is 0 Å². The van der Waals surface area contributed by atoms with E-state index in [1.807, 2.05) is 6.92 Å². The van der Waals surface area contributed by atoms with Gasteiger partial charge < -0.3 is 4.74 Å². The molecule has 0 aliphatic carbocycles. The summed E-state index contributed by atoms with van der Waals surface area (Å²) in [6, 6.07) is 1.39. The van der Waals surface area contributed by atoms with Gasteiger partial charge in [0.1, 0.15) is 5.15 Å². The molecule has 1 atom stereocenters. The molecule has 1 heterocycles. The van der Waals surface area contributed by atoms with Crippen LogP contribution in [0.15, 0.2) is 17.2 Å². The van der Waals surface area contributed by atoms with Crippen LogP contribution in [0.3, 0.4) is 0 Å². The smallest absolute Gasteiger partial charge is 0.255 e. The van der Waals surface area contributed by atoms with Crippen LogP contribution in [0.5, 0.6) is 0 Å². The predicted molar refractivity (Wildman–Crippen MR) is 54.7 cm³/mol. The minimum absolute atomic E-state index is 0.0761. The molecule has 0 N–H and O–H groups in total. The van der Waals surface area contributed by atoms with Crippen LogP contribution in [0, 0.1) is 0 Å². The van der Waals surface area contributed by atoms with Gasteiger partial charge in [-0.1, -0.05) is 11.6 Å². The van der Waals surface area contributed by atoms with E-state index in [0.717, 1.165) is 6.42 Å². The zero-order valence-electron chi connectivity index (χ0n) is 8.24. The Morgan fingerprint density at radius 2 is 2.43 bits per heavy atom. The normalized spacial score (nSPS) is 12.8. The number of hydrogen-bond donors (Lipinski definition) is 0. The molecule has 0 fully saturated rings. The maximum Gasteiger partial charge on any atom is 0.255 e. The largest absolute Gasteiger partial charge is 0.385 e. The molecule has 1 unspecified atom stereocenters. The Morgan fingerprint density at radius 3 is 3.00 bits per heavy atom. The van der Waals surface area contributed by atoms with Gasteiger partial charge in [0.2, 0.25) is 0 Å². The molecule has 0 aromatic carbocycles. The average molecular weight is 217 g/mol. The van der Waals surface area contributed by atoms with Gasteiger partial charge in [-0.2, -0.15) is 0 Å². The molecule has 0 bridgehead atoms. The summed E-state index contributed by atoms with van der Waals surface area (Å²) in [4.78, 5) is 15.3. The molecule has 4 nitrogen and oxygen atoms in total. The van der Waals surface area contributed by atoms with Crippen LogP contribution in [0.25, 0.3) is 0 Å². The molecule has 1 aromatic heterocycles. The lowest BCUT2D eigenvalue weighted by Crippen LogP contribution is -2.23. The fourth-order valence-corrected chi connectivity index (χ4v) is 1.28. The highest BCUT2D eigenvalue weighted by Crippen LogP contribution is 2.07. The summed E-state index contributed by atoms with van der Waals surface area (Å²) < 4.78 is 6.48. The number of hydrogen-bond acceptors (Lipinski definition) is 3. The summed E-state index contributed by atoms with van der Waals surface area (Å²) in [6.45, 7) is 2.56. The number of ether oxygens (including phenoxy) is 1. The minimum atomic E-state index is -0.131. The van der Waals surface area contributed by atoms with Crippen molar-refractivity contribution in [1.82, 2.24) is 9.55 Å². The molecule has 14 heavy (non-hydrogen) atoms. The first-order valence-electron chi connectivity index (χ1n) is 4.37. The Labute approximate surface area is 87.5 Å². The van der Waals surface area contributed by atoms with Crippen molar-refractivity contribution in [3.8, 4) is 0 Å². The molecule has 0 saturated carbocycles. The molecule has 0 saturated heterocycles. The van der Waals surface area contributed by atoms with Gasteiger partial charge in [-0.05, 0) is 13.3 Å². The van der Waals surface area contributed by atoms with E-state index in [-0.39, 0.29) is 16.8 Å². The molecule has 0 aliphatic heterocycles. The zero-order chi connectivity index (χ0) is 10.6. The highest BCUT2D eigenvalue weighted by atomic mass is 35.5. The Hall–Kier alpha value is -0.870. The number of methoxy groups -OCH3 is 1. The van der Waals surface area contributed by atoms with E-state index in [0.29, 0.717) is 6.61 Å². The van der Waals surface area contributed by atoms with Gasteiger partial charge in [0.15, 0.2) is 0 Å². The molecule has 1 aromatic rings. The van der Waals surface area contributed by atoms with E-state index in [2.05, 4.69) is 4.98 Å². The fourth-order valence-electron chi connectivity index (χ4n) is 1.15. The first-order valence-corrected chi connectivity index (χ1v) is 4.75. The standard InChI is InChI=1S/C9H13ClN2O2/c1-7(3-4-14-2)12-6-11-8(10)5-9(12)13/h5-7H,3-4H2,1-2H3. The van der Waals surface area contributed by atoms with Crippen molar-refractivity contribution in [2.75, 3.05) is 13.7 Å². The van der Waals surface area contributed by atoms with Crippen LogP contribution in [0.1, 0.15) is 19.4 Å². The Balaban J connectivity index is 2.80. The third-order valence-electron chi connectivity index (χ3n) is 2.02. The molecular weight excluding hydrogens is 204 g/mol. The quantitative estimate of drug-likeness (QED) is 0.717. The van der Waals surface area contributed by atoms with E-state index < -0.39 is 0 Å². The zero-order valence-corrected chi connectivity index (χ0v) is 8.99. The van der Waals surface area contributed by atoms with Crippen LogP contribution < -0.4 is 5.56 Å². The van der Waals surface area contributed by atoms with E-state index in [1.54, 1.807) is 11.7 Å². The lowest BCUT2D eigenvalue weighted by molar-refractivity contribution is 0.180. The molecule has 0 aliphatic rings. The van der Waals surface area contributed by atoms with Gasteiger partial charge in [0.25, 0.3) is 5.56 Å². The van der Waals surface area contributed by atoms with E-state index in [4.69, 9.17) is 16.3 Å². The second-order valence-electron chi connectivity index (χ2n) is 3.09. The van der Waals surface area contributed by atoms with E-state index >= 15 is 0 Å².